The van der Waals surface area contributed by atoms with E-state index in [2.05, 4.69) is 20.5 Å². The van der Waals surface area contributed by atoms with E-state index in [-0.39, 0.29) is 5.91 Å². The zero-order chi connectivity index (χ0) is 17.2. The second-order valence-corrected chi connectivity index (χ2v) is 5.67. The first-order chi connectivity index (χ1) is 12.2. The van der Waals surface area contributed by atoms with Gasteiger partial charge >= 0.3 is 0 Å². The van der Waals surface area contributed by atoms with Crippen molar-refractivity contribution in [2.75, 3.05) is 7.05 Å². The van der Waals surface area contributed by atoms with E-state index < -0.39 is 0 Å². The van der Waals surface area contributed by atoms with Crippen LogP contribution in [0, 0.1) is 0 Å². The zero-order valence-electron chi connectivity index (χ0n) is 13.4. The SMILES string of the molecule is CN(Cc1ccc2nonc2c1)C(=O)c1cccc(-n2cnnc2)c1. The van der Waals surface area contributed by atoms with Crippen molar-refractivity contribution in [3.05, 3.63) is 66.2 Å². The van der Waals surface area contributed by atoms with Crippen LogP contribution in [-0.4, -0.2) is 42.9 Å². The van der Waals surface area contributed by atoms with Gasteiger partial charge in [0.25, 0.3) is 5.91 Å². The summed E-state index contributed by atoms with van der Waals surface area (Å²) in [7, 11) is 1.76. The fourth-order valence-electron chi connectivity index (χ4n) is 2.63. The number of amides is 1. The van der Waals surface area contributed by atoms with E-state index in [1.807, 2.05) is 36.4 Å². The van der Waals surface area contributed by atoms with Gasteiger partial charge in [0.1, 0.15) is 23.7 Å². The van der Waals surface area contributed by atoms with Crippen molar-refractivity contribution in [2.45, 2.75) is 6.54 Å². The maximum Gasteiger partial charge on any atom is 0.253 e. The molecule has 0 saturated heterocycles. The molecule has 2 aromatic carbocycles. The topological polar surface area (TPSA) is 89.9 Å². The maximum absolute atomic E-state index is 12.7. The molecule has 8 heteroatoms. The molecule has 25 heavy (non-hydrogen) atoms. The molecular formula is C17H14N6O2. The Morgan fingerprint density at radius 2 is 1.88 bits per heavy atom. The molecule has 4 rings (SSSR count). The van der Waals surface area contributed by atoms with Gasteiger partial charge in [0.15, 0.2) is 0 Å². The standard InChI is InChI=1S/C17H14N6O2/c1-22(9-12-5-6-15-16(7-12)21-25-20-15)17(24)13-3-2-4-14(8-13)23-10-18-19-11-23/h2-8,10-11H,9H2,1H3. The Labute approximate surface area is 142 Å². The summed E-state index contributed by atoms with van der Waals surface area (Å²) in [6, 6.07) is 12.9. The van der Waals surface area contributed by atoms with Gasteiger partial charge in [-0.25, -0.2) is 4.63 Å². The zero-order valence-corrected chi connectivity index (χ0v) is 13.4. The van der Waals surface area contributed by atoms with Crippen LogP contribution in [0.1, 0.15) is 15.9 Å². The third-order valence-electron chi connectivity index (χ3n) is 3.89. The van der Waals surface area contributed by atoms with E-state index in [1.165, 1.54) is 0 Å². The van der Waals surface area contributed by atoms with Crippen molar-refractivity contribution in [1.29, 1.82) is 0 Å². The predicted octanol–water partition coefficient (Wildman–Crippen LogP) is 2.08. The van der Waals surface area contributed by atoms with Gasteiger partial charge in [-0.1, -0.05) is 12.1 Å². The molecule has 124 valence electrons. The molecule has 0 atom stereocenters. The molecule has 8 nitrogen and oxygen atoms in total. The number of benzene rings is 2. The summed E-state index contributed by atoms with van der Waals surface area (Å²) in [5.41, 5.74) is 3.75. The maximum atomic E-state index is 12.7. The first-order valence-electron chi connectivity index (χ1n) is 7.62. The van der Waals surface area contributed by atoms with Crippen molar-refractivity contribution in [2.24, 2.45) is 0 Å². The highest BCUT2D eigenvalue weighted by Crippen LogP contribution is 2.16. The van der Waals surface area contributed by atoms with Gasteiger partial charge in [-0.3, -0.25) is 9.36 Å². The van der Waals surface area contributed by atoms with Crippen LogP contribution in [0.5, 0.6) is 0 Å². The van der Waals surface area contributed by atoms with Crippen LogP contribution in [-0.2, 0) is 6.54 Å². The summed E-state index contributed by atoms with van der Waals surface area (Å²) in [5, 5.41) is 15.2. The Hall–Kier alpha value is -3.55. The van der Waals surface area contributed by atoms with Gasteiger partial charge in [0.05, 0.1) is 0 Å². The van der Waals surface area contributed by atoms with Crippen LogP contribution in [0.25, 0.3) is 16.7 Å². The lowest BCUT2D eigenvalue weighted by Crippen LogP contribution is -2.26. The van der Waals surface area contributed by atoms with Gasteiger partial charge in [-0.15, -0.1) is 10.2 Å². The normalized spacial score (nSPS) is 10.9. The molecule has 0 fully saturated rings. The van der Waals surface area contributed by atoms with Crippen LogP contribution >= 0.6 is 0 Å². The highest BCUT2D eigenvalue weighted by molar-refractivity contribution is 5.94. The fourth-order valence-corrected chi connectivity index (χ4v) is 2.63. The van der Waals surface area contributed by atoms with Crippen LogP contribution in [0.15, 0.2) is 59.7 Å². The Morgan fingerprint density at radius 3 is 2.72 bits per heavy atom. The molecule has 0 aliphatic heterocycles. The molecule has 0 radical (unpaired) electrons. The number of carbonyl (C=O) groups is 1. The quantitative estimate of drug-likeness (QED) is 0.567. The number of hydrogen-bond donors (Lipinski definition) is 0. The van der Waals surface area contributed by atoms with Gasteiger partial charge in [-0.2, -0.15) is 0 Å². The Morgan fingerprint density at radius 1 is 1.08 bits per heavy atom. The van der Waals surface area contributed by atoms with E-state index in [0.29, 0.717) is 23.1 Å². The Balaban J connectivity index is 1.54. The summed E-state index contributed by atoms with van der Waals surface area (Å²) in [6.07, 6.45) is 3.18. The third kappa shape index (κ3) is 2.97. The van der Waals surface area contributed by atoms with Gasteiger partial charge < -0.3 is 4.90 Å². The van der Waals surface area contributed by atoms with Crippen LogP contribution in [0.4, 0.5) is 0 Å². The molecule has 0 aliphatic rings. The molecule has 4 aromatic rings. The molecule has 0 saturated carbocycles. The summed E-state index contributed by atoms with van der Waals surface area (Å²) in [6.45, 7) is 0.457. The highest BCUT2D eigenvalue weighted by atomic mass is 16.6. The Bertz CT molecular complexity index is 1020. The molecule has 2 heterocycles. The molecule has 0 bridgehead atoms. The van der Waals surface area contributed by atoms with E-state index in [9.17, 15) is 4.79 Å². The van der Waals surface area contributed by atoms with Crippen molar-refractivity contribution in [3.8, 4) is 5.69 Å². The van der Waals surface area contributed by atoms with Crippen molar-refractivity contribution < 1.29 is 9.42 Å². The van der Waals surface area contributed by atoms with Gasteiger partial charge in [0.2, 0.25) is 0 Å². The predicted molar refractivity (Wildman–Crippen MR) is 89.0 cm³/mol. The third-order valence-corrected chi connectivity index (χ3v) is 3.89. The van der Waals surface area contributed by atoms with Crippen LogP contribution in [0.3, 0.4) is 0 Å². The molecule has 2 aromatic heterocycles. The van der Waals surface area contributed by atoms with E-state index in [1.54, 1.807) is 35.2 Å². The minimum absolute atomic E-state index is 0.0756. The monoisotopic (exact) mass is 334 g/mol. The summed E-state index contributed by atoms with van der Waals surface area (Å²) >= 11 is 0. The lowest BCUT2D eigenvalue weighted by molar-refractivity contribution is 0.0785. The summed E-state index contributed by atoms with van der Waals surface area (Å²) in [5.74, 6) is -0.0756. The Kier molecular flexibility index (Phi) is 3.70. The number of aromatic nitrogens is 5. The lowest BCUT2D eigenvalue weighted by atomic mass is 10.1. The van der Waals surface area contributed by atoms with E-state index in [0.717, 1.165) is 11.3 Å². The largest absolute Gasteiger partial charge is 0.337 e. The smallest absolute Gasteiger partial charge is 0.253 e. The molecular weight excluding hydrogens is 320 g/mol. The lowest BCUT2D eigenvalue weighted by Gasteiger charge is -2.17. The summed E-state index contributed by atoms with van der Waals surface area (Å²) in [4.78, 5) is 14.4. The van der Waals surface area contributed by atoms with Crippen molar-refractivity contribution in [3.63, 3.8) is 0 Å². The van der Waals surface area contributed by atoms with Crippen molar-refractivity contribution >= 4 is 16.9 Å². The molecule has 0 unspecified atom stereocenters. The van der Waals surface area contributed by atoms with Crippen LogP contribution < -0.4 is 0 Å². The second kappa shape index (κ2) is 6.16. The average Bonchev–Trinajstić information content (AvgIpc) is 3.32. The summed E-state index contributed by atoms with van der Waals surface area (Å²) < 4.78 is 6.45. The molecule has 0 spiro atoms. The van der Waals surface area contributed by atoms with E-state index >= 15 is 0 Å². The first kappa shape index (κ1) is 15.0. The highest BCUT2D eigenvalue weighted by Gasteiger charge is 2.14. The average molecular weight is 334 g/mol. The number of carbonyl (C=O) groups excluding carboxylic acids is 1. The minimum atomic E-state index is -0.0756. The number of fused-ring (bicyclic) bond motifs is 1. The molecule has 1 amide bonds. The first-order valence-corrected chi connectivity index (χ1v) is 7.62. The molecule has 0 aliphatic carbocycles. The number of hydrogen-bond acceptors (Lipinski definition) is 6. The van der Waals surface area contributed by atoms with Gasteiger partial charge in [-0.05, 0) is 46.2 Å². The number of nitrogens with zero attached hydrogens (tertiary/aromatic N) is 6. The second-order valence-electron chi connectivity index (χ2n) is 5.67. The van der Waals surface area contributed by atoms with Crippen LogP contribution in [0.2, 0.25) is 0 Å². The van der Waals surface area contributed by atoms with Gasteiger partial charge in [0, 0.05) is 24.8 Å². The fraction of sp³-hybridized carbons (Fsp3) is 0.118. The minimum Gasteiger partial charge on any atom is -0.337 e. The van der Waals surface area contributed by atoms with Crippen molar-refractivity contribution in [1.82, 2.24) is 30.0 Å². The number of rotatable bonds is 4. The van der Waals surface area contributed by atoms with E-state index in [4.69, 9.17) is 4.63 Å². The molecule has 0 N–H and O–H groups in total.